The molecule has 0 spiro atoms. The molecule has 7 nitrogen and oxygen atoms in total. The highest BCUT2D eigenvalue weighted by Gasteiger charge is 2.45. The molecule has 0 bridgehead atoms. The van der Waals surface area contributed by atoms with E-state index in [4.69, 9.17) is 14.7 Å². The summed E-state index contributed by atoms with van der Waals surface area (Å²) in [5.41, 5.74) is 1.94. The van der Waals surface area contributed by atoms with Crippen LogP contribution in [0.25, 0.3) is 0 Å². The van der Waals surface area contributed by atoms with E-state index in [0.29, 0.717) is 30.5 Å². The molecule has 40 heavy (non-hydrogen) atoms. The molecule has 2 aromatic rings. The number of piperidine rings is 1. The first-order valence-electron chi connectivity index (χ1n) is 12.2. The first-order chi connectivity index (χ1) is 18.4. The number of carbonyl (C=O) groups excluding carboxylic acids is 1. The maximum absolute atomic E-state index is 13.4. The molecule has 0 aromatic heterocycles. The maximum atomic E-state index is 13.4. The summed E-state index contributed by atoms with van der Waals surface area (Å²) in [6.07, 6.45) is -9.55. The lowest BCUT2D eigenvalue weighted by Crippen LogP contribution is -2.57. The summed E-state index contributed by atoms with van der Waals surface area (Å²) in [5, 5.41) is 0. The lowest BCUT2D eigenvalue weighted by molar-refractivity contribution is -0.143. The first kappa shape index (κ1) is 31.8. The topological polar surface area (TPSA) is 98.9 Å². The van der Waals surface area contributed by atoms with Gasteiger partial charge in [0.1, 0.15) is 0 Å². The van der Waals surface area contributed by atoms with Gasteiger partial charge in [-0.2, -0.15) is 34.8 Å². The molecule has 2 aromatic carbocycles. The van der Waals surface area contributed by atoms with Gasteiger partial charge in [0.25, 0.3) is 10.1 Å². The minimum absolute atomic E-state index is 0.0517. The molecule has 0 radical (unpaired) electrons. The summed E-state index contributed by atoms with van der Waals surface area (Å²) in [4.78, 5) is 13.7. The van der Waals surface area contributed by atoms with E-state index in [1.54, 1.807) is 35.2 Å². The number of hydrogen-bond acceptors (Lipinski definition) is 6. The number of amides is 1. The Balaban J connectivity index is 1.96. The van der Waals surface area contributed by atoms with Crippen LogP contribution in [-0.2, 0) is 41.7 Å². The molecule has 0 aliphatic carbocycles. The third-order valence-electron chi connectivity index (χ3n) is 6.88. The number of primary amides is 1. The summed E-state index contributed by atoms with van der Waals surface area (Å²) >= 11 is 0. The van der Waals surface area contributed by atoms with Crippen LogP contribution in [0.3, 0.4) is 0 Å². The second kappa shape index (κ2) is 12.0. The largest absolute Gasteiger partial charge is 0.416 e. The summed E-state index contributed by atoms with van der Waals surface area (Å²) < 4.78 is 114. The van der Waals surface area contributed by atoms with Crippen molar-refractivity contribution in [2.75, 3.05) is 32.6 Å². The molecular formula is C26H30F6N2O5S. The molecule has 1 saturated heterocycles. The molecule has 2 N–H and O–H groups in total. The van der Waals surface area contributed by atoms with Gasteiger partial charge in [0.2, 0.25) is 5.91 Å². The number of nitrogens with zero attached hydrogens (tertiary/aromatic N) is 1. The predicted molar refractivity (Wildman–Crippen MR) is 133 cm³/mol. The van der Waals surface area contributed by atoms with Crippen molar-refractivity contribution in [3.8, 4) is 0 Å². The molecule has 14 heteroatoms. The van der Waals surface area contributed by atoms with Gasteiger partial charge >= 0.3 is 12.4 Å². The molecule has 1 aliphatic rings. The lowest BCUT2D eigenvalue weighted by Gasteiger charge is -2.49. The van der Waals surface area contributed by atoms with Crippen LogP contribution in [0.15, 0.2) is 48.5 Å². The summed E-state index contributed by atoms with van der Waals surface area (Å²) in [5.74, 6) is -0.994. The number of likely N-dealkylation sites (tertiary alicyclic amines) is 1. The molecule has 1 aliphatic heterocycles. The van der Waals surface area contributed by atoms with E-state index in [1.165, 1.54) is 6.92 Å². The summed E-state index contributed by atoms with van der Waals surface area (Å²) in [7, 11) is -3.72. The second-order valence-electron chi connectivity index (χ2n) is 9.93. The van der Waals surface area contributed by atoms with E-state index in [2.05, 4.69) is 0 Å². The Labute approximate surface area is 228 Å². The predicted octanol–water partition coefficient (Wildman–Crippen LogP) is 4.87. The Hall–Kier alpha value is -2.68. The van der Waals surface area contributed by atoms with Gasteiger partial charge in [-0.25, -0.2) is 0 Å². The molecule has 3 atom stereocenters. The van der Waals surface area contributed by atoms with Crippen LogP contribution in [0.4, 0.5) is 26.3 Å². The van der Waals surface area contributed by atoms with Gasteiger partial charge in [-0.3, -0.25) is 13.9 Å². The molecule has 222 valence electrons. The van der Waals surface area contributed by atoms with Gasteiger partial charge in [-0.05, 0) is 55.0 Å². The number of ether oxygens (including phenoxy) is 1. The highest BCUT2D eigenvalue weighted by Crippen LogP contribution is 2.42. The minimum Gasteiger partial charge on any atom is -0.372 e. The van der Waals surface area contributed by atoms with Gasteiger partial charge in [0.05, 0.1) is 48.8 Å². The molecule has 0 unspecified atom stereocenters. The summed E-state index contributed by atoms with van der Waals surface area (Å²) in [6.45, 7) is 0.915. The molecular weight excluding hydrogens is 566 g/mol. The van der Waals surface area contributed by atoms with Crippen LogP contribution in [0.5, 0.6) is 0 Å². The van der Waals surface area contributed by atoms with Crippen molar-refractivity contribution in [3.63, 3.8) is 0 Å². The third kappa shape index (κ3) is 8.18. The average molecular weight is 597 g/mol. The van der Waals surface area contributed by atoms with Gasteiger partial charge in [0, 0.05) is 6.54 Å². The Morgan fingerprint density at radius 1 is 1.07 bits per heavy atom. The molecule has 1 amide bonds. The normalized spacial score (nSPS) is 21.8. The van der Waals surface area contributed by atoms with Crippen LogP contribution in [0.2, 0.25) is 0 Å². The van der Waals surface area contributed by atoms with Crippen LogP contribution >= 0.6 is 0 Å². The number of nitrogens with two attached hydrogens (primary N) is 1. The molecule has 0 saturated carbocycles. The van der Waals surface area contributed by atoms with Crippen LogP contribution in [-0.4, -0.2) is 51.8 Å². The Bertz CT molecular complexity index is 1250. The Morgan fingerprint density at radius 2 is 1.65 bits per heavy atom. The highest BCUT2D eigenvalue weighted by molar-refractivity contribution is 7.85. The SMILES string of the molecule is C[C@@H](OC[C@@]1(c2ccccc2)CC[C@H](COS(C)(=O)=O)CN1CC(N)=O)c1cc(C(F)(F)F)cc(C(F)(F)F)c1. The van der Waals surface area contributed by atoms with Gasteiger partial charge < -0.3 is 10.5 Å². The zero-order chi connectivity index (χ0) is 29.9. The number of alkyl halides is 6. The van der Waals surface area contributed by atoms with Gasteiger partial charge in [-0.1, -0.05) is 30.3 Å². The molecule has 1 fully saturated rings. The quantitative estimate of drug-likeness (QED) is 0.311. The summed E-state index contributed by atoms with van der Waals surface area (Å²) in [6, 6.07) is 10.1. The van der Waals surface area contributed by atoms with E-state index >= 15 is 0 Å². The number of rotatable bonds is 10. The van der Waals surface area contributed by atoms with E-state index < -0.39 is 51.1 Å². The fraction of sp³-hybridized carbons (Fsp3) is 0.500. The van der Waals surface area contributed by atoms with Crippen molar-refractivity contribution >= 4 is 16.0 Å². The van der Waals surface area contributed by atoms with Crippen molar-refractivity contribution in [1.29, 1.82) is 0 Å². The number of halogens is 6. The molecule has 3 rings (SSSR count). The van der Waals surface area contributed by atoms with Crippen molar-refractivity contribution < 1.29 is 48.5 Å². The fourth-order valence-corrected chi connectivity index (χ4v) is 5.27. The zero-order valence-corrected chi connectivity index (χ0v) is 22.6. The van der Waals surface area contributed by atoms with Gasteiger partial charge in [-0.15, -0.1) is 0 Å². The Morgan fingerprint density at radius 3 is 2.15 bits per heavy atom. The number of hydrogen-bond donors (Lipinski definition) is 1. The zero-order valence-electron chi connectivity index (χ0n) is 21.8. The van der Waals surface area contributed by atoms with E-state index in [0.717, 1.165) is 6.26 Å². The number of carbonyl (C=O) groups is 1. The average Bonchev–Trinajstić information content (AvgIpc) is 2.85. The smallest absolute Gasteiger partial charge is 0.372 e. The van der Waals surface area contributed by atoms with Crippen LogP contribution in [0.1, 0.15) is 48.1 Å². The van der Waals surface area contributed by atoms with Crippen molar-refractivity contribution in [3.05, 3.63) is 70.8 Å². The van der Waals surface area contributed by atoms with Crippen LogP contribution < -0.4 is 5.73 Å². The monoisotopic (exact) mass is 596 g/mol. The van der Waals surface area contributed by atoms with Gasteiger partial charge in [0.15, 0.2) is 0 Å². The van der Waals surface area contributed by atoms with E-state index in [-0.39, 0.29) is 43.9 Å². The first-order valence-corrected chi connectivity index (χ1v) is 14.1. The van der Waals surface area contributed by atoms with Crippen LogP contribution in [0, 0.1) is 5.92 Å². The standard InChI is InChI=1S/C26H30F6N2O5S/c1-17(19-10-21(25(27,28)29)12-22(11-19)26(30,31)32)38-16-24(20-6-4-3-5-7-20)9-8-18(15-39-40(2,36)37)13-34(24)14-23(33)35/h3-7,10-12,17-18H,8-9,13-16H2,1-2H3,(H2,33,35)/t17-,18+,24-/m1/s1. The number of benzene rings is 2. The Kier molecular flexibility index (Phi) is 9.59. The molecule has 1 heterocycles. The minimum atomic E-state index is -5.01. The van der Waals surface area contributed by atoms with Crippen molar-refractivity contribution in [2.24, 2.45) is 11.7 Å². The fourth-order valence-electron chi connectivity index (χ4n) is 4.83. The second-order valence-corrected chi connectivity index (χ2v) is 11.6. The highest BCUT2D eigenvalue weighted by atomic mass is 32.2. The lowest BCUT2D eigenvalue weighted by atomic mass is 9.77. The maximum Gasteiger partial charge on any atom is 0.416 e. The third-order valence-corrected chi connectivity index (χ3v) is 7.44. The van der Waals surface area contributed by atoms with Crippen molar-refractivity contribution in [1.82, 2.24) is 4.90 Å². The van der Waals surface area contributed by atoms with E-state index in [1.807, 2.05) is 0 Å². The van der Waals surface area contributed by atoms with Crippen molar-refractivity contribution in [2.45, 2.75) is 43.8 Å². The van der Waals surface area contributed by atoms with E-state index in [9.17, 15) is 39.6 Å².